The lowest BCUT2D eigenvalue weighted by Gasteiger charge is -2.32. The Hall–Kier alpha value is -3.12. The second-order valence-corrected chi connectivity index (χ2v) is 11.5. The molecule has 0 saturated heterocycles. The molecule has 1 N–H and O–H groups in total. The van der Waals surface area contributed by atoms with Gasteiger partial charge in [-0.25, -0.2) is 8.42 Å². The Labute approximate surface area is 186 Å². The fourth-order valence-corrected chi connectivity index (χ4v) is 6.92. The summed E-state index contributed by atoms with van der Waals surface area (Å²) in [7, 11) is -3.18. The number of carbonyl (C=O) groups excluding carboxylic acids is 2. The van der Waals surface area contributed by atoms with Crippen molar-refractivity contribution in [1.82, 2.24) is 14.8 Å². The second-order valence-electron chi connectivity index (χ2n) is 8.90. The van der Waals surface area contributed by atoms with E-state index < -0.39 is 14.6 Å². The number of rotatable bonds is 7. The Morgan fingerprint density at radius 2 is 1.84 bits per heavy atom. The van der Waals surface area contributed by atoms with Crippen LogP contribution in [0.15, 0.2) is 36.4 Å². The minimum Gasteiger partial charge on any atom is -0.347 e. The highest BCUT2D eigenvalue weighted by Crippen LogP contribution is 2.50. The van der Waals surface area contributed by atoms with Crippen LogP contribution in [0.2, 0.25) is 0 Å². The van der Waals surface area contributed by atoms with E-state index in [1.54, 1.807) is 45.9 Å². The van der Waals surface area contributed by atoms with Gasteiger partial charge in [0, 0.05) is 26.2 Å². The van der Waals surface area contributed by atoms with Crippen LogP contribution in [0.3, 0.4) is 0 Å². The lowest BCUT2D eigenvalue weighted by molar-refractivity contribution is 0.0698. The number of hydrogen-bond acceptors (Lipinski definition) is 5. The summed E-state index contributed by atoms with van der Waals surface area (Å²) in [4.78, 5) is 27.4. The van der Waals surface area contributed by atoms with Crippen molar-refractivity contribution in [2.45, 2.75) is 48.8 Å². The third-order valence-electron chi connectivity index (χ3n) is 6.70. The first kappa shape index (κ1) is 20.8. The molecule has 2 amide bonds. The molecule has 166 valence electrons. The van der Waals surface area contributed by atoms with Crippen LogP contribution in [-0.4, -0.2) is 52.8 Å². The van der Waals surface area contributed by atoms with Crippen molar-refractivity contribution in [3.05, 3.63) is 58.9 Å². The minimum absolute atomic E-state index is 0.222. The Morgan fingerprint density at radius 1 is 1.12 bits per heavy atom. The van der Waals surface area contributed by atoms with Gasteiger partial charge in [0.25, 0.3) is 11.8 Å². The molecule has 0 radical (unpaired) electrons. The molecule has 8 nitrogen and oxygen atoms in total. The van der Waals surface area contributed by atoms with Gasteiger partial charge in [0.2, 0.25) is 0 Å². The average Bonchev–Trinajstić information content (AvgIpc) is 3.72. The average molecular weight is 453 g/mol. The molecular formula is C23H24N4O4S. The molecule has 2 aromatic rings. The SMILES string of the molecule is N#Cc1ccc(CNC(=O)c2ccc3n2CCN(CC2(S(=O)(=O)C4CC4)CC2)C3=O)cc1. The molecule has 9 heteroatoms. The molecule has 1 aliphatic heterocycles. The molecule has 5 rings (SSSR count). The molecule has 2 fully saturated rings. The molecule has 0 bridgehead atoms. The molecule has 0 spiro atoms. The molecule has 1 aromatic heterocycles. The van der Waals surface area contributed by atoms with Crippen LogP contribution in [0, 0.1) is 11.3 Å². The van der Waals surface area contributed by atoms with Gasteiger partial charge in [-0.1, -0.05) is 12.1 Å². The summed E-state index contributed by atoms with van der Waals surface area (Å²) in [6, 6.07) is 12.3. The van der Waals surface area contributed by atoms with Crippen LogP contribution in [0.4, 0.5) is 0 Å². The van der Waals surface area contributed by atoms with Crippen molar-refractivity contribution in [1.29, 1.82) is 5.26 Å². The van der Waals surface area contributed by atoms with E-state index in [1.165, 1.54) is 0 Å². The van der Waals surface area contributed by atoms with Crippen molar-refractivity contribution in [3.8, 4) is 6.07 Å². The zero-order valence-electron chi connectivity index (χ0n) is 17.6. The summed E-state index contributed by atoms with van der Waals surface area (Å²) in [6.45, 7) is 1.40. The summed E-state index contributed by atoms with van der Waals surface area (Å²) in [5, 5.41) is 11.5. The quantitative estimate of drug-likeness (QED) is 0.689. The maximum atomic E-state index is 13.1. The first-order chi connectivity index (χ1) is 15.3. The maximum absolute atomic E-state index is 13.1. The van der Waals surface area contributed by atoms with E-state index in [-0.39, 0.29) is 23.6 Å². The van der Waals surface area contributed by atoms with Crippen LogP contribution in [0.25, 0.3) is 0 Å². The van der Waals surface area contributed by atoms with Crippen molar-refractivity contribution < 1.29 is 18.0 Å². The summed E-state index contributed by atoms with van der Waals surface area (Å²) >= 11 is 0. The topological polar surface area (TPSA) is 112 Å². The van der Waals surface area contributed by atoms with Crippen LogP contribution in [0.1, 0.15) is 57.8 Å². The van der Waals surface area contributed by atoms with Crippen LogP contribution < -0.4 is 5.32 Å². The zero-order chi connectivity index (χ0) is 22.5. The van der Waals surface area contributed by atoms with Gasteiger partial charge in [0.05, 0.1) is 21.6 Å². The van der Waals surface area contributed by atoms with Gasteiger partial charge in [-0.3, -0.25) is 9.59 Å². The van der Waals surface area contributed by atoms with E-state index in [0.29, 0.717) is 49.4 Å². The van der Waals surface area contributed by atoms with Crippen molar-refractivity contribution >= 4 is 21.7 Å². The molecular weight excluding hydrogens is 428 g/mol. The molecule has 2 saturated carbocycles. The third-order valence-corrected chi connectivity index (χ3v) is 9.80. The van der Waals surface area contributed by atoms with Gasteiger partial charge in [-0.15, -0.1) is 0 Å². The normalized spacial score (nSPS) is 19.2. The largest absolute Gasteiger partial charge is 0.347 e. The van der Waals surface area contributed by atoms with Crippen LogP contribution >= 0.6 is 0 Å². The van der Waals surface area contributed by atoms with Gasteiger partial charge in [-0.05, 0) is 55.5 Å². The highest BCUT2D eigenvalue weighted by atomic mass is 32.2. The summed E-state index contributed by atoms with van der Waals surface area (Å²) in [5.41, 5.74) is 2.26. The van der Waals surface area contributed by atoms with Crippen molar-refractivity contribution in [3.63, 3.8) is 0 Å². The number of nitrogens with zero attached hydrogens (tertiary/aromatic N) is 3. The molecule has 0 unspecified atom stereocenters. The zero-order valence-corrected chi connectivity index (χ0v) is 18.4. The number of amides is 2. The lowest BCUT2D eigenvalue weighted by Crippen LogP contribution is -2.48. The van der Waals surface area contributed by atoms with E-state index in [4.69, 9.17) is 5.26 Å². The predicted molar refractivity (Wildman–Crippen MR) is 117 cm³/mol. The van der Waals surface area contributed by atoms with Gasteiger partial charge in [0.15, 0.2) is 9.84 Å². The number of fused-ring (bicyclic) bond motifs is 1. The predicted octanol–water partition coefficient (Wildman–Crippen LogP) is 1.86. The minimum atomic E-state index is -3.18. The lowest BCUT2D eigenvalue weighted by atomic mass is 10.1. The number of sulfone groups is 1. The number of nitrogens with one attached hydrogen (secondary N) is 1. The van der Waals surface area contributed by atoms with Crippen LogP contribution in [0.5, 0.6) is 0 Å². The highest BCUT2D eigenvalue weighted by Gasteiger charge is 2.60. The van der Waals surface area contributed by atoms with E-state index in [1.807, 2.05) is 0 Å². The van der Waals surface area contributed by atoms with Gasteiger partial charge in [0.1, 0.15) is 11.4 Å². The number of benzene rings is 1. The van der Waals surface area contributed by atoms with Crippen molar-refractivity contribution in [2.75, 3.05) is 13.1 Å². The van der Waals surface area contributed by atoms with E-state index >= 15 is 0 Å². The molecule has 32 heavy (non-hydrogen) atoms. The Morgan fingerprint density at radius 3 is 2.47 bits per heavy atom. The number of aromatic nitrogens is 1. The Kier molecular flexibility index (Phi) is 4.86. The van der Waals surface area contributed by atoms with Gasteiger partial charge in [-0.2, -0.15) is 5.26 Å². The standard InChI is InChI=1S/C23H24N4O4S/c24-13-16-1-3-17(4-2-16)14-25-21(28)19-7-8-20-22(29)26(11-12-27(19)20)15-23(9-10-23)32(30,31)18-5-6-18/h1-4,7-8,18H,5-6,9-12,14-15H2,(H,25,28). The van der Waals surface area contributed by atoms with Gasteiger partial charge < -0.3 is 14.8 Å². The molecule has 2 heterocycles. The van der Waals surface area contributed by atoms with Crippen LogP contribution in [-0.2, 0) is 22.9 Å². The summed E-state index contributed by atoms with van der Waals surface area (Å²) in [6.07, 6.45) is 2.73. The Bertz CT molecular complexity index is 1230. The van der Waals surface area contributed by atoms with E-state index in [0.717, 1.165) is 18.4 Å². The number of nitriles is 1. The summed E-state index contributed by atoms with van der Waals surface area (Å²) in [5.74, 6) is -0.503. The molecule has 0 atom stereocenters. The Balaban J connectivity index is 1.26. The smallest absolute Gasteiger partial charge is 0.270 e. The first-order valence-corrected chi connectivity index (χ1v) is 12.4. The molecule has 1 aromatic carbocycles. The number of hydrogen-bond donors (Lipinski definition) is 1. The van der Waals surface area contributed by atoms with E-state index in [9.17, 15) is 18.0 Å². The molecule has 3 aliphatic rings. The first-order valence-electron chi connectivity index (χ1n) is 10.8. The fraction of sp³-hybridized carbons (Fsp3) is 0.435. The van der Waals surface area contributed by atoms with E-state index in [2.05, 4.69) is 11.4 Å². The van der Waals surface area contributed by atoms with Crippen molar-refractivity contribution in [2.24, 2.45) is 0 Å². The monoisotopic (exact) mass is 452 g/mol. The highest BCUT2D eigenvalue weighted by molar-refractivity contribution is 7.94. The summed E-state index contributed by atoms with van der Waals surface area (Å²) < 4.78 is 26.6. The fourth-order valence-electron chi connectivity index (χ4n) is 4.45. The number of carbonyl (C=O) groups is 2. The van der Waals surface area contributed by atoms with Gasteiger partial charge >= 0.3 is 0 Å². The molecule has 2 aliphatic carbocycles. The maximum Gasteiger partial charge on any atom is 0.270 e. The second kappa shape index (κ2) is 7.48. The third kappa shape index (κ3) is 3.48.